The van der Waals surface area contributed by atoms with Crippen LogP contribution in [0.4, 0.5) is 0 Å². The third-order valence-corrected chi connectivity index (χ3v) is 3.44. The molecule has 0 radical (unpaired) electrons. The second-order valence-corrected chi connectivity index (χ2v) is 5.52. The zero-order valence-corrected chi connectivity index (χ0v) is 12.2. The molecule has 98 valence electrons. The highest BCUT2D eigenvalue weighted by Crippen LogP contribution is 2.06. The van der Waals surface area contributed by atoms with Gasteiger partial charge in [-0.1, -0.05) is 24.4 Å². The van der Waals surface area contributed by atoms with E-state index < -0.39 is 0 Å². The average Bonchev–Trinajstić information content (AvgIpc) is 2.36. The van der Waals surface area contributed by atoms with E-state index in [4.69, 9.17) is 18.0 Å². The van der Waals surface area contributed by atoms with E-state index in [9.17, 15) is 4.79 Å². The van der Waals surface area contributed by atoms with Crippen LogP contribution in [0.2, 0.25) is 0 Å². The molecule has 1 unspecified atom stereocenters. The molecule has 5 heteroatoms. The number of benzene rings is 1. The molecule has 0 heterocycles. The van der Waals surface area contributed by atoms with Gasteiger partial charge >= 0.3 is 0 Å². The quantitative estimate of drug-likeness (QED) is 0.785. The molecule has 0 saturated carbocycles. The standard InChI is InChI=1S/C13H18N2OS2/c1-9(7-8-18-2)15-13(16)11-5-3-10(4-6-11)12(14)17/h3-6,9H,7-8H2,1-2H3,(H2,14,17)(H,15,16). The van der Waals surface area contributed by atoms with Crippen LogP contribution in [-0.4, -0.2) is 28.9 Å². The fourth-order valence-electron chi connectivity index (χ4n) is 1.46. The highest BCUT2D eigenvalue weighted by Gasteiger charge is 2.09. The molecule has 0 fully saturated rings. The van der Waals surface area contributed by atoms with Crippen molar-refractivity contribution in [3.8, 4) is 0 Å². The van der Waals surface area contributed by atoms with Gasteiger partial charge in [0.2, 0.25) is 0 Å². The molecule has 0 bridgehead atoms. The number of thiocarbonyl (C=S) groups is 1. The van der Waals surface area contributed by atoms with Crippen LogP contribution in [0.1, 0.15) is 29.3 Å². The summed E-state index contributed by atoms with van der Waals surface area (Å²) in [4.78, 5) is 12.3. The first-order chi connectivity index (χ1) is 8.54. The summed E-state index contributed by atoms with van der Waals surface area (Å²) in [5, 5.41) is 2.96. The number of thioether (sulfide) groups is 1. The number of carbonyl (C=O) groups excluding carboxylic acids is 1. The van der Waals surface area contributed by atoms with Crippen LogP contribution in [0.5, 0.6) is 0 Å². The van der Waals surface area contributed by atoms with Gasteiger partial charge in [0.05, 0.1) is 0 Å². The normalized spacial score (nSPS) is 11.9. The van der Waals surface area contributed by atoms with E-state index in [0.717, 1.165) is 17.7 Å². The van der Waals surface area contributed by atoms with Gasteiger partial charge < -0.3 is 11.1 Å². The summed E-state index contributed by atoms with van der Waals surface area (Å²) < 4.78 is 0. The molecule has 1 aromatic carbocycles. The summed E-state index contributed by atoms with van der Waals surface area (Å²) in [6.07, 6.45) is 3.03. The molecule has 3 N–H and O–H groups in total. The first-order valence-corrected chi connectivity index (χ1v) is 7.54. The minimum Gasteiger partial charge on any atom is -0.389 e. The van der Waals surface area contributed by atoms with Crippen LogP contribution in [0.3, 0.4) is 0 Å². The first kappa shape index (κ1) is 15.0. The Kier molecular flexibility index (Phi) is 6.15. The lowest BCUT2D eigenvalue weighted by atomic mass is 10.1. The molecule has 0 saturated heterocycles. The average molecular weight is 282 g/mol. The van der Waals surface area contributed by atoms with Gasteiger partial charge in [0, 0.05) is 17.2 Å². The lowest BCUT2D eigenvalue weighted by Crippen LogP contribution is -2.32. The largest absolute Gasteiger partial charge is 0.389 e. The van der Waals surface area contributed by atoms with Crippen molar-refractivity contribution in [1.29, 1.82) is 0 Å². The summed E-state index contributed by atoms with van der Waals surface area (Å²) >= 11 is 6.64. The fourth-order valence-corrected chi connectivity index (χ4v) is 2.19. The van der Waals surface area contributed by atoms with Crippen molar-refractivity contribution >= 4 is 34.9 Å². The van der Waals surface area contributed by atoms with Crippen molar-refractivity contribution < 1.29 is 4.79 Å². The molecule has 0 aliphatic rings. The second kappa shape index (κ2) is 7.38. The molecule has 18 heavy (non-hydrogen) atoms. The Labute approximate surface area is 118 Å². The number of rotatable bonds is 6. The Balaban J connectivity index is 2.58. The Morgan fingerprint density at radius 3 is 2.44 bits per heavy atom. The Morgan fingerprint density at radius 1 is 1.39 bits per heavy atom. The van der Waals surface area contributed by atoms with Crippen molar-refractivity contribution in [1.82, 2.24) is 5.32 Å². The number of nitrogens with one attached hydrogen (secondary N) is 1. The van der Waals surface area contributed by atoms with E-state index in [1.165, 1.54) is 0 Å². The van der Waals surface area contributed by atoms with Gasteiger partial charge in [0.25, 0.3) is 5.91 Å². The predicted molar refractivity (Wildman–Crippen MR) is 82.3 cm³/mol. The van der Waals surface area contributed by atoms with Crippen molar-refractivity contribution in [2.24, 2.45) is 5.73 Å². The monoisotopic (exact) mass is 282 g/mol. The van der Waals surface area contributed by atoms with E-state index in [1.54, 1.807) is 36.0 Å². The van der Waals surface area contributed by atoms with Crippen molar-refractivity contribution in [2.45, 2.75) is 19.4 Å². The maximum atomic E-state index is 11.9. The van der Waals surface area contributed by atoms with Crippen LogP contribution < -0.4 is 11.1 Å². The third-order valence-electron chi connectivity index (χ3n) is 2.56. The summed E-state index contributed by atoms with van der Waals surface area (Å²) in [7, 11) is 0. The van der Waals surface area contributed by atoms with Crippen LogP contribution in [0.25, 0.3) is 0 Å². The molecule has 1 rings (SSSR count). The first-order valence-electron chi connectivity index (χ1n) is 5.74. The van der Waals surface area contributed by atoms with Crippen LogP contribution >= 0.6 is 24.0 Å². The Morgan fingerprint density at radius 2 is 1.94 bits per heavy atom. The number of hydrogen-bond donors (Lipinski definition) is 2. The van der Waals surface area contributed by atoms with Gasteiger partial charge in [0.1, 0.15) is 4.99 Å². The van der Waals surface area contributed by atoms with E-state index >= 15 is 0 Å². The molecular formula is C13H18N2OS2. The fraction of sp³-hybridized carbons (Fsp3) is 0.385. The van der Waals surface area contributed by atoms with Gasteiger partial charge in [-0.2, -0.15) is 11.8 Å². The minimum absolute atomic E-state index is 0.0573. The van der Waals surface area contributed by atoms with Gasteiger partial charge in [-0.05, 0) is 37.5 Å². The number of carbonyl (C=O) groups is 1. The number of amides is 1. The molecule has 1 amide bonds. The maximum absolute atomic E-state index is 11.9. The van der Waals surface area contributed by atoms with Crippen molar-refractivity contribution in [3.05, 3.63) is 35.4 Å². The van der Waals surface area contributed by atoms with Crippen LogP contribution in [0, 0.1) is 0 Å². The zero-order chi connectivity index (χ0) is 13.5. The smallest absolute Gasteiger partial charge is 0.251 e. The summed E-state index contributed by atoms with van der Waals surface area (Å²) in [5.74, 6) is 0.986. The molecule has 1 aromatic rings. The summed E-state index contributed by atoms with van der Waals surface area (Å²) in [6.45, 7) is 2.01. The number of nitrogens with two attached hydrogens (primary N) is 1. The molecule has 1 atom stereocenters. The second-order valence-electron chi connectivity index (χ2n) is 4.10. The Hall–Kier alpha value is -1.07. The van der Waals surface area contributed by atoms with E-state index in [2.05, 4.69) is 11.6 Å². The summed E-state index contributed by atoms with van der Waals surface area (Å²) in [6, 6.07) is 7.20. The molecular weight excluding hydrogens is 264 g/mol. The maximum Gasteiger partial charge on any atom is 0.251 e. The highest BCUT2D eigenvalue weighted by molar-refractivity contribution is 7.98. The molecule has 3 nitrogen and oxygen atoms in total. The van der Waals surface area contributed by atoms with Gasteiger partial charge in [-0.15, -0.1) is 0 Å². The minimum atomic E-state index is -0.0573. The van der Waals surface area contributed by atoms with Crippen molar-refractivity contribution in [2.75, 3.05) is 12.0 Å². The van der Waals surface area contributed by atoms with Crippen LogP contribution in [-0.2, 0) is 0 Å². The third kappa shape index (κ3) is 4.66. The predicted octanol–water partition coefficient (Wildman–Crippen LogP) is 2.19. The van der Waals surface area contributed by atoms with Crippen LogP contribution in [0.15, 0.2) is 24.3 Å². The molecule has 0 spiro atoms. The highest BCUT2D eigenvalue weighted by atomic mass is 32.2. The lowest BCUT2D eigenvalue weighted by molar-refractivity contribution is 0.0939. The Bertz CT molecular complexity index is 418. The van der Waals surface area contributed by atoms with E-state index in [1.807, 2.05) is 6.92 Å². The van der Waals surface area contributed by atoms with Crippen molar-refractivity contribution in [3.63, 3.8) is 0 Å². The molecule has 0 aliphatic heterocycles. The lowest BCUT2D eigenvalue weighted by Gasteiger charge is -2.13. The topological polar surface area (TPSA) is 55.1 Å². The molecule has 0 aromatic heterocycles. The number of hydrogen-bond acceptors (Lipinski definition) is 3. The van der Waals surface area contributed by atoms with Gasteiger partial charge in [0.15, 0.2) is 0 Å². The van der Waals surface area contributed by atoms with E-state index in [0.29, 0.717) is 10.6 Å². The zero-order valence-electron chi connectivity index (χ0n) is 10.6. The SMILES string of the molecule is CSCCC(C)NC(=O)c1ccc(C(N)=S)cc1. The molecule has 0 aliphatic carbocycles. The van der Waals surface area contributed by atoms with Gasteiger partial charge in [-0.25, -0.2) is 0 Å². The van der Waals surface area contributed by atoms with Gasteiger partial charge in [-0.3, -0.25) is 4.79 Å². The summed E-state index contributed by atoms with van der Waals surface area (Å²) in [5.41, 5.74) is 6.91. The van der Waals surface area contributed by atoms with E-state index in [-0.39, 0.29) is 11.9 Å².